The highest BCUT2D eigenvalue weighted by atomic mass is 16.7. The molecule has 1 saturated heterocycles. The molecule has 3 amide bonds. The summed E-state index contributed by atoms with van der Waals surface area (Å²) in [6.07, 6.45) is 1.76. The van der Waals surface area contributed by atoms with Crippen molar-refractivity contribution in [3.05, 3.63) is 48.2 Å². The van der Waals surface area contributed by atoms with E-state index >= 15 is 0 Å². The average molecular weight is 411 g/mol. The summed E-state index contributed by atoms with van der Waals surface area (Å²) in [6, 6.07) is 10.5. The fourth-order valence-electron chi connectivity index (χ4n) is 3.41. The quantitative estimate of drug-likeness (QED) is 0.771. The number of hydrogen-bond donors (Lipinski definition) is 2. The zero-order valence-corrected chi connectivity index (χ0v) is 16.8. The van der Waals surface area contributed by atoms with E-state index in [9.17, 15) is 9.59 Å². The number of rotatable bonds is 5. The second-order valence-corrected chi connectivity index (χ2v) is 7.24. The zero-order valence-electron chi connectivity index (χ0n) is 16.8. The number of piperazine rings is 1. The van der Waals surface area contributed by atoms with E-state index in [4.69, 9.17) is 9.47 Å². The molecule has 0 saturated carbocycles. The fourth-order valence-corrected chi connectivity index (χ4v) is 3.41. The van der Waals surface area contributed by atoms with Crippen LogP contribution in [0, 0.1) is 0 Å². The standard InChI is InChI=1S/C21H25N5O4/c1-15(20(27)23-13-16-5-6-17-18(12-16)30-14-29-17)24-21(28)26-10-8-25(9-11-26)19-4-2-3-7-22-19/h2-7,12,15H,8-11,13-14H2,1H3,(H,23,27)(H,24,28)/t15-/m1/s1. The molecule has 0 aliphatic carbocycles. The van der Waals surface area contributed by atoms with Gasteiger partial charge in [-0.1, -0.05) is 12.1 Å². The van der Waals surface area contributed by atoms with E-state index in [1.54, 1.807) is 18.0 Å². The number of benzene rings is 1. The molecule has 158 valence electrons. The van der Waals surface area contributed by atoms with Crippen molar-refractivity contribution in [1.29, 1.82) is 0 Å². The molecule has 9 heteroatoms. The lowest BCUT2D eigenvalue weighted by atomic mass is 10.2. The van der Waals surface area contributed by atoms with Gasteiger partial charge in [0.05, 0.1) is 0 Å². The summed E-state index contributed by atoms with van der Waals surface area (Å²) >= 11 is 0. The largest absolute Gasteiger partial charge is 0.454 e. The Kier molecular flexibility index (Phi) is 5.87. The number of pyridine rings is 1. The van der Waals surface area contributed by atoms with E-state index < -0.39 is 6.04 Å². The molecule has 2 aliphatic rings. The van der Waals surface area contributed by atoms with Gasteiger partial charge in [0.2, 0.25) is 12.7 Å². The number of nitrogens with one attached hydrogen (secondary N) is 2. The summed E-state index contributed by atoms with van der Waals surface area (Å²) in [5.74, 6) is 2.05. The first kappa shape index (κ1) is 19.8. The van der Waals surface area contributed by atoms with E-state index in [0.29, 0.717) is 44.2 Å². The number of urea groups is 1. The molecule has 9 nitrogen and oxygen atoms in total. The summed E-state index contributed by atoms with van der Waals surface area (Å²) in [5, 5.41) is 5.62. The van der Waals surface area contributed by atoms with Crippen LogP contribution in [-0.4, -0.2) is 60.8 Å². The van der Waals surface area contributed by atoms with Crippen molar-refractivity contribution in [3.8, 4) is 11.5 Å². The number of hydrogen-bond acceptors (Lipinski definition) is 6. The molecule has 0 spiro atoms. The number of carbonyl (C=O) groups excluding carboxylic acids is 2. The molecule has 1 aromatic carbocycles. The Bertz CT molecular complexity index is 900. The Morgan fingerprint density at radius 2 is 1.90 bits per heavy atom. The van der Waals surface area contributed by atoms with Crippen LogP contribution in [0.1, 0.15) is 12.5 Å². The number of nitrogens with zero attached hydrogens (tertiary/aromatic N) is 3. The van der Waals surface area contributed by atoms with Crippen molar-refractivity contribution in [2.24, 2.45) is 0 Å². The monoisotopic (exact) mass is 411 g/mol. The number of carbonyl (C=O) groups is 2. The minimum absolute atomic E-state index is 0.213. The molecule has 3 heterocycles. The Morgan fingerprint density at radius 3 is 2.67 bits per heavy atom. The van der Waals surface area contributed by atoms with Gasteiger partial charge in [-0.2, -0.15) is 0 Å². The lowest BCUT2D eigenvalue weighted by Crippen LogP contribution is -2.55. The summed E-state index contributed by atoms with van der Waals surface area (Å²) in [5.41, 5.74) is 0.900. The average Bonchev–Trinajstić information content (AvgIpc) is 3.26. The first-order valence-electron chi connectivity index (χ1n) is 9.98. The summed E-state index contributed by atoms with van der Waals surface area (Å²) in [6.45, 7) is 4.80. The third-order valence-electron chi connectivity index (χ3n) is 5.18. The minimum atomic E-state index is -0.639. The maximum Gasteiger partial charge on any atom is 0.318 e. The molecule has 0 bridgehead atoms. The van der Waals surface area contributed by atoms with Gasteiger partial charge in [0.1, 0.15) is 11.9 Å². The Balaban J connectivity index is 1.22. The number of fused-ring (bicyclic) bond motifs is 1. The third kappa shape index (κ3) is 4.56. The zero-order chi connectivity index (χ0) is 20.9. The van der Waals surface area contributed by atoms with Crippen LogP contribution in [-0.2, 0) is 11.3 Å². The smallest absolute Gasteiger partial charge is 0.318 e. The molecule has 0 unspecified atom stereocenters. The normalized spacial score (nSPS) is 16.2. The van der Waals surface area contributed by atoms with E-state index in [1.165, 1.54) is 0 Å². The highest BCUT2D eigenvalue weighted by Gasteiger charge is 2.24. The van der Waals surface area contributed by atoms with Gasteiger partial charge in [0.25, 0.3) is 0 Å². The van der Waals surface area contributed by atoms with Crippen LogP contribution in [0.3, 0.4) is 0 Å². The molecular weight excluding hydrogens is 386 g/mol. The van der Waals surface area contributed by atoms with Gasteiger partial charge in [-0.25, -0.2) is 9.78 Å². The molecular formula is C21H25N5O4. The van der Waals surface area contributed by atoms with E-state index in [2.05, 4.69) is 20.5 Å². The third-order valence-corrected chi connectivity index (χ3v) is 5.18. The van der Waals surface area contributed by atoms with Crippen molar-refractivity contribution in [2.75, 3.05) is 37.9 Å². The Labute approximate surface area is 175 Å². The molecule has 0 radical (unpaired) electrons. The second kappa shape index (κ2) is 8.89. The highest BCUT2D eigenvalue weighted by molar-refractivity contribution is 5.86. The van der Waals surface area contributed by atoms with Crippen LogP contribution in [0.4, 0.5) is 10.6 Å². The number of aromatic nitrogens is 1. The maximum absolute atomic E-state index is 12.5. The fraction of sp³-hybridized carbons (Fsp3) is 0.381. The van der Waals surface area contributed by atoms with Gasteiger partial charge in [-0.3, -0.25) is 4.79 Å². The first-order chi connectivity index (χ1) is 14.6. The van der Waals surface area contributed by atoms with Gasteiger partial charge in [0, 0.05) is 38.9 Å². The summed E-state index contributed by atoms with van der Waals surface area (Å²) in [4.78, 5) is 33.1. The molecule has 1 atom stereocenters. The topological polar surface area (TPSA) is 96.0 Å². The summed E-state index contributed by atoms with van der Waals surface area (Å²) < 4.78 is 10.6. The van der Waals surface area contributed by atoms with Crippen LogP contribution in [0.2, 0.25) is 0 Å². The van der Waals surface area contributed by atoms with Crippen LogP contribution in [0.5, 0.6) is 11.5 Å². The SMILES string of the molecule is C[C@@H](NC(=O)N1CCN(c2ccccn2)CC1)C(=O)NCc1ccc2c(c1)OCO2. The lowest BCUT2D eigenvalue weighted by molar-refractivity contribution is -0.122. The molecule has 30 heavy (non-hydrogen) atoms. The Morgan fingerprint density at radius 1 is 1.10 bits per heavy atom. The van der Waals surface area contributed by atoms with Crippen molar-refractivity contribution in [2.45, 2.75) is 19.5 Å². The lowest BCUT2D eigenvalue weighted by Gasteiger charge is -2.35. The molecule has 1 fully saturated rings. The van der Waals surface area contributed by atoms with Gasteiger partial charge < -0.3 is 29.9 Å². The molecule has 4 rings (SSSR count). The maximum atomic E-state index is 12.5. The van der Waals surface area contributed by atoms with Gasteiger partial charge in [0.15, 0.2) is 11.5 Å². The van der Waals surface area contributed by atoms with Crippen LogP contribution in [0.15, 0.2) is 42.6 Å². The molecule has 2 N–H and O–H groups in total. The Hall–Kier alpha value is -3.49. The van der Waals surface area contributed by atoms with Crippen molar-refractivity contribution in [3.63, 3.8) is 0 Å². The molecule has 2 aliphatic heterocycles. The van der Waals surface area contributed by atoms with Crippen LogP contribution < -0.4 is 25.0 Å². The van der Waals surface area contributed by atoms with Crippen molar-refractivity contribution < 1.29 is 19.1 Å². The second-order valence-electron chi connectivity index (χ2n) is 7.24. The van der Waals surface area contributed by atoms with Gasteiger partial charge in [-0.05, 0) is 36.8 Å². The predicted octanol–water partition coefficient (Wildman–Crippen LogP) is 1.35. The van der Waals surface area contributed by atoms with Crippen molar-refractivity contribution >= 4 is 17.8 Å². The number of anilines is 1. The van der Waals surface area contributed by atoms with E-state index in [-0.39, 0.29) is 18.7 Å². The predicted molar refractivity (Wildman–Crippen MR) is 110 cm³/mol. The summed E-state index contributed by atoms with van der Waals surface area (Å²) in [7, 11) is 0. The van der Waals surface area contributed by atoms with Crippen LogP contribution >= 0.6 is 0 Å². The van der Waals surface area contributed by atoms with Gasteiger partial charge in [-0.15, -0.1) is 0 Å². The number of ether oxygens (including phenoxy) is 2. The number of amides is 3. The van der Waals surface area contributed by atoms with E-state index in [1.807, 2.05) is 36.4 Å². The van der Waals surface area contributed by atoms with Gasteiger partial charge >= 0.3 is 6.03 Å². The van der Waals surface area contributed by atoms with E-state index in [0.717, 1.165) is 11.4 Å². The van der Waals surface area contributed by atoms with Crippen molar-refractivity contribution in [1.82, 2.24) is 20.5 Å². The van der Waals surface area contributed by atoms with Crippen LogP contribution in [0.25, 0.3) is 0 Å². The highest BCUT2D eigenvalue weighted by Crippen LogP contribution is 2.32. The minimum Gasteiger partial charge on any atom is -0.454 e. The molecule has 2 aromatic rings. The first-order valence-corrected chi connectivity index (χ1v) is 9.98. The molecule has 1 aromatic heterocycles.